The molecule has 0 aliphatic carbocycles. The van der Waals surface area contributed by atoms with Gasteiger partial charge < -0.3 is 32.5 Å². The Morgan fingerprint density at radius 3 is 2.18 bits per heavy atom. The molecule has 0 spiro atoms. The lowest BCUT2D eigenvalue weighted by molar-refractivity contribution is -0.121. The van der Waals surface area contributed by atoms with E-state index in [1.165, 1.54) is 0 Å². The Morgan fingerprint density at radius 2 is 1.61 bits per heavy atom. The van der Waals surface area contributed by atoms with Gasteiger partial charge in [-0.3, -0.25) is 15.1 Å². The molecule has 1 unspecified atom stereocenters. The molecule has 0 aromatic carbocycles. The third-order valence-electron chi connectivity index (χ3n) is 4.15. The second-order valence-electron chi connectivity index (χ2n) is 7.03. The highest BCUT2D eigenvalue weighted by Crippen LogP contribution is 1.99. The summed E-state index contributed by atoms with van der Waals surface area (Å²) in [7, 11) is 0. The first kappa shape index (κ1) is 25.9. The molecule has 0 saturated carbocycles. The van der Waals surface area contributed by atoms with Crippen LogP contribution in [0.4, 0.5) is 4.79 Å². The molecule has 2 amide bonds. The third kappa shape index (κ3) is 17.3. The van der Waals surface area contributed by atoms with Gasteiger partial charge in [0.2, 0.25) is 5.91 Å². The van der Waals surface area contributed by atoms with E-state index in [4.69, 9.17) is 16.9 Å². The predicted octanol–water partition coefficient (Wildman–Crippen LogP) is 0.233. The molecule has 0 fully saturated rings. The third-order valence-corrected chi connectivity index (χ3v) is 4.15. The summed E-state index contributed by atoms with van der Waals surface area (Å²) in [6.45, 7) is 5.07. The van der Waals surface area contributed by atoms with Gasteiger partial charge in [-0.25, -0.2) is 4.79 Å². The Morgan fingerprint density at radius 1 is 1.00 bits per heavy atom. The molecule has 0 aromatic rings. The van der Waals surface area contributed by atoms with Crippen molar-refractivity contribution in [2.45, 2.75) is 57.9 Å². The van der Waals surface area contributed by atoms with Gasteiger partial charge in [0.15, 0.2) is 5.96 Å². The summed E-state index contributed by atoms with van der Waals surface area (Å²) in [6.07, 6.45) is 5.09. The van der Waals surface area contributed by atoms with E-state index in [9.17, 15) is 14.7 Å². The summed E-state index contributed by atoms with van der Waals surface area (Å²) in [5.41, 5.74) is 10.9. The smallest absolute Gasteiger partial charge is 0.407 e. The fourth-order valence-electron chi connectivity index (χ4n) is 2.53. The molecule has 0 aromatic heterocycles. The molecule has 28 heavy (non-hydrogen) atoms. The first-order chi connectivity index (χ1) is 13.3. The van der Waals surface area contributed by atoms with Gasteiger partial charge in [0.05, 0.1) is 0 Å². The molecule has 0 aliphatic heterocycles. The maximum absolute atomic E-state index is 11.9. The molecular formula is C18H39N7O3. The predicted molar refractivity (Wildman–Crippen MR) is 111 cm³/mol. The molecule has 0 aliphatic rings. The zero-order valence-corrected chi connectivity index (χ0v) is 17.1. The number of unbranched alkanes of at least 4 members (excludes halogenated alkanes) is 4. The highest BCUT2D eigenvalue weighted by molar-refractivity contribution is 5.81. The summed E-state index contributed by atoms with van der Waals surface area (Å²) >= 11 is 0. The monoisotopic (exact) mass is 401 g/mol. The molecule has 9 N–H and O–H groups in total. The average Bonchev–Trinajstić information content (AvgIpc) is 2.61. The van der Waals surface area contributed by atoms with Crippen LogP contribution in [0.5, 0.6) is 0 Å². The van der Waals surface area contributed by atoms with Crippen LogP contribution in [0.25, 0.3) is 0 Å². The quantitative estimate of drug-likeness (QED) is 0.104. The zero-order chi connectivity index (χ0) is 21.2. The van der Waals surface area contributed by atoms with Crippen LogP contribution >= 0.6 is 0 Å². The van der Waals surface area contributed by atoms with Crippen molar-refractivity contribution < 1.29 is 14.7 Å². The number of carboxylic acid groups (broad SMARTS) is 1. The lowest BCUT2D eigenvalue weighted by atomic mass is 10.2. The summed E-state index contributed by atoms with van der Waals surface area (Å²) in [4.78, 5) is 24.4. The lowest BCUT2D eigenvalue weighted by Crippen LogP contribution is -2.41. The summed E-state index contributed by atoms with van der Waals surface area (Å²) in [6, 6.07) is 0.178. The SMILES string of the molecule is CC(N)CCNCCCCN(CC(=O)NCCCCCCNC(=N)N)C(=O)O. The van der Waals surface area contributed by atoms with E-state index in [0.29, 0.717) is 26.1 Å². The number of nitrogens with one attached hydrogen (secondary N) is 4. The maximum atomic E-state index is 11.9. The van der Waals surface area contributed by atoms with Crippen LogP contribution in [-0.4, -0.2) is 73.3 Å². The van der Waals surface area contributed by atoms with E-state index in [-0.39, 0.29) is 24.5 Å². The van der Waals surface area contributed by atoms with Crippen LogP contribution < -0.4 is 27.4 Å². The van der Waals surface area contributed by atoms with Gasteiger partial charge in [-0.2, -0.15) is 0 Å². The van der Waals surface area contributed by atoms with Crippen LogP contribution in [-0.2, 0) is 4.79 Å². The molecule has 0 saturated heterocycles. The van der Waals surface area contributed by atoms with Crippen LogP contribution in [0.1, 0.15) is 51.9 Å². The Bertz CT molecular complexity index is 447. The molecule has 164 valence electrons. The van der Waals surface area contributed by atoms with Crippen LogP contribution in [0, 0.1) is 5.41 Å². The number of nitrogens with zero attached hydrogens (tertiary/aromatic N) is 1. The van der Waals surface area contributed by atoms with Crippen molar-refractivity contribution in [3.05, 3.63) is 0 Å². The van der Waals surface area contributed by atoms with Crippen molar-refractivity contribution in [1.29, 1.82) is 5.41 Å². The van der Waals surface area contributed by atoms with Crippen molar-refractivity contribution in [3.63, 3.8) is 0 Å². The highest BCUT2D eigenvalue weighted by Gasteiger charge is 2.15. The van der Waals surface area contributed by atoms with Crippen molar-refractivity contribution >= 4 is 18.0 Å². The molecule has 1 atom stereocenters. The topological polar surface area (TPSA) is 170 Å². The fraction of sp³-hybridized carbons (Fsp3) is 0.833. The molecule has 0 rings (SSSR count). The molecule has 0 heterocycles. The van der Waals surface area contributed by atoms with Crippen LogP contribution in [0.15, 0.2) is 0 Å². The number of nitrogens with two attached hydrogens (primary N) is 2. The number of amides is 2. The van der Waals surface area contributed by atoms with Gasteiger partial charge in [0.1, 0.15) is 6.54 Å². The summed E-state index contributed by atoms with van der Waals surface area (Å²) in [5, 5.41) is 25.1. The molecule has 10 nitrogen and oxygen atoms in total. The first-order valence-corrected chi connectivity index (χ1v) is 10.1. The fourth-order valence-corrected chi connectivity index (χ4v) is 2.53. The van der Waals surface area contributed by atoms with Gasteiger partial charge in [0, 0.05) is 25.7 Å². The van der Waals surface area contributed by atoms with Crippen molar-refractivity contribution in [3.8, 4) is 0 Å². The number of carbonyl (C=O) groups is 2. The highest BCUT2D eigenvalue weighted by atomic mass is 16.4. The van der Waals surface area contributed by atoms with E-state index in [1.54, 1.807) is 0 Å². The number of guanidine groups is 1. The number of hydrogen-bond donors (Lipinski definition) is 7. The normalized spacial score (nSPS) is 11.6. The molecule has 0 radical (unpaired) electrons. The van der Waals surface area contributed by atoms with Gasteiger partial charge in [-0.15, -0.1) is 0 Å². The second kappa shape index (κ2) is 17.1. The average molecular weight is 402 g/mol. The minimum atomic E-state index is -1.07. The van der Waals surface area contributed by atoms with Gasteiger partial charge in [-0.05, 0) is 52.1 Å². The molecule has 0 bridgehead atoms. The van der Waals surface area contributed by atoms with Crippen LogP contribution in [0.3, 0.4) is 0 Å². The zero-order valence-electron chi connectivity index (χ0n) is 17.1. The standard InChI is InChI=1S/C18H39N7O3/c1-15(19)8-12-22-9-6-7-13-25(18(27)28)14-16(26)23-10-4-2-3-5-11-24-17(20)21/h15,22H,2-14,19H2,1H3,(H,23,26)(H,27,28)(H4,20,21,24). The molecular weight excluding hydrogens is 362 g/mol. The van der Waals surface area contributed by atoms with E-state index in [1.807, 2.05) is 6.92 Å². The van der Waals surface area contributed by atoms with E-state index in [2.05, 4.69) is 16.0 Å². The lowest BCUT2D eigenvalue weighted by Gasteiger charge is -2.18. The maximum Gasteiger partial charge on any atom is 0.407 e. The van der Waals surface area contributed by atoms with Crippen molar-refractivity contribution in [2.24, 2.45) is 11.5 Å². The molecule has 10 heteroatoms. The Hall–Kier alpha value is -2.07. The summed E-state index contributed by atoms with van der Waals surface area (Å²) in [5.74, 6) is -0.288. The Kier molecular flexibility index (Phi) is 15.8. The Labute approximate surface area is 168 Å². The minimum Gasteiger partial charge on any atom is -0.465 e. The summed E-state index contributed by atoms with van der Waals surface area (Å²) < 4.78 is 0. The van der Waals surface area contributed by atoms with E-state index in [0.717, 1.165) is 56.5 Å². The van der Waals surface area contributed by atoms with Crippen molar-refractivity contribution in [1.82, 2.24) is 20.9 Å². The van der Waals surface area contributed by atoms with E-state index >= 15 is 0 Å². The largest absolute Gasteiger partial charge is 0.465 e. The number of hydrogen-bond acceptors (Lipinski definition) is 5. The minimum absolute atomic E-state index is 0.0206. The van der Waals surface area contributed by atoms with E-state index < -0.39 is 6.09 Å². The van der Waals surface area contributed by atoms with Crippen molar-refractivity contribution in [2.75, 3.05) is 39.3 Å². The first-order valence-electron chi connectivity index (χ1n) is 10.1. The van der Waals surface area contributed by atoms with Gasteiger partial charge >= 0.3 is 6.09 Å². The second-order valence-corrected chi connectivity index (χ2v) is 7.03. The Balaban J connectivity index is 3.72. The van der Waals surface area contributed by atoms with Crippen LogP contribution in [0.2, 0.25) is 0 Å². The number of carbonyl (C=O) groups excluding carboxylic acids is 1. The van der Waals surface area contributed by atoms with Gasteiger partial charge in [0.25, 0.3) is 0 Å². The number of rotatable bonds is 17. The van der Waals surface area contributed by atoms with Gasteiger partial charge in [-0.1, -0.05) is 12.8 Å².